The minimum Gasteiger partial charge on any atom is -0.462 e. The lowest BCUT2D eigenvalue weighted by atomic mass is 10.2. The number of nitrogens with one attached hydrogen (secondary N) is 1. The first-order valence-corrected chi connectivity index (χ1v) is 9.48. The third kappa shape index (κ3) is 4.68. The summed E-state index contributed by atoms with van der Waals surface area (Å²) >= 11 is 1.46. The quantitative estimate of drug-likeness (QED) is 0.855. The Morgan fingerprint density at radius 1 is 1.52 bits per heavy atom. The average Bonchev–Trinajstić information content (AvgIpc) is 3.21. The summed E-state index contributed by atoms with van der Waals surface area (Å²) in [5, 5.41) is 3.69. The second-order valence-corrected chi connectivity index (χ2v) is 7.96. The number of thiazole rings is 1. The zero-order valence-electron chi connectivity index (χ0n) is 14.9. The lowest BCUT2D eigenvalue weighted by Crippen LogP contribution is -2.48. The second-order valence-electron chi connectivity index (χ2n) is 6.76. The fourth-order valence-corrected chi connectivity index (χ4v) is 3.87. The Morgan fingerprint density at radius 3 is 3.08 bits per heavy atom. The van der Waals surface area contributed by atoms with Crippen LogP contribution in [0, 0.1) is 12.8 Å². The van der Waals surface area contributed by atoms with Crippen LogP contribution in [0.15, 0.2) is 22.8 Å². The van der Waals surface area contributed by atoms with Crippen molar-refractivity contribution in [3.05, 3.63) is 29.0 Å². The minimum absolute atomic E-state index is 0.0277. The number of ether oxygens (including phenoxy) is 1. The molecule has 3 heterocycles. The van der Waals surface area contributed by atoms with Gasteiger partial charge in [-0.25, -0.2) is 4.98 Å². The molecular formula is C18H25N3O3S. The van der Waals surface area contributed by atoms with Gasteiger partial charge in [-0.3, -0.25) is 9.69 Å². The molecule has 1 atom stereocenters. The number of carbonyl (C=O) groups excluding carboxylic acids is 1. The number of morpholine rings is 1. The van der Waals surface area contributed by atoms with E-state index in [1.165, 1.54) is 11.3 Å². The summed E-state index contributed by atoms with van der Waals surface area (Å²) in [5.74, 6) is 1.16. The van der Waals surface area contributed by atoms with E-state index in [-0.39, 0.29) is 12.0 Å². The Kier molecular flexibility index (Phi) is 5.88. The highest BCUT2D eigenvalue weighted by Crippen LogP contribution is 2.27. The molecule has 1 aliphatic rings. The summed E-state index contributed by atoms with van der Waals surface area (Å²) in [5.41, 5.74) is 0.464. The summed E-state index contributed by atoms with van der Waals surface area (Å²) in [6, 6.07) is 3.66. The molecular weight excluding hydrogens is 338 g/mol. The molecule has 6 nitrogen and oxygen atoms in total. The van der Waals surface area contributed by atoms with E-state index in [1.807, 2.05) is 19.1 Å². The van der Waals surface area contributed by atoms with E-state index in [1.54, 1.807) is 6.26 Å². The van der Waals surface area contributed by atoms with Gasteiger partial charge in [-0.05, 0) is 25.0 Å². The van der Waals surface area contributed by atoms with Crippen LogP contribution in [-0.4, -0.2) is 54.7 Å². The Balaban J connectivity index is 1.56. The molecule has 0 bridgehead atoms. The second kappa shape index (κ2) is 8.12. The molecule has 7 heteroatoms. The highest BCUT2D eigenvalue weighted by molar-refractivity contribution is 7.15. The standard InChI is InChI=1S/C18H25N3O3S/c1-12(2)10-21-6-8-23-14(11-21)9-19-17(22)16-13(3)25-18(20-16)15-5-4-7-24-15/h4-5,7,12,14H,6,8-11H2,1-3H3,(H,19,22). The van der Waals surface area contributed by atoms with Crippen LogP contribution in [0.25, 0.3) is 10.8 Å². The van der Waals surface area contributed by atoms with Gasteiger partial charge in [0.15, 0.2) is 10.8 Å². The van der Waals surface area contributed by atoms with Crippen molar-refractivity contribution in [3.8, 4) is 10.8 Å². The zero-order valence-corrected chi connectivity index (χ0v) is 15.8. The molecule has 1 fully saturated rings. The smallest absolute Gasteiger partial charge is 0.271 e. The molecule has 3 rings (SSSR count). The van der Waals surface area contributed by atoms with Crippen LogP contribution in [0.4, 0.5) is 0 Å². The van der Waals surface area contributed by atoms with Crippen molar-refractivity contribution in [1.82, 2.24) is 15.2 Å². The van der Waals surface area contributed by atoms with Gasteiger partial charge in [-0.15, -0.1) is 11.3 Å². The van der Waals surface area contributed by atoms with Crippen LogP contribution in [-0.2, 0) is 4.74 Å². The van der Waals surface area contributed by atoms with Gasteiger partial charge in [0, 0.05) is 31.1 Å². The van der Waals surface area contributed by atoms with Crippen LogP contribution in [0.1, 0.15) is 29.2 Å². The Morgan fingerprint density at radius 2 is 2.36 bits per heavy atom. The Hall–Kier alpha value is -1.70. The highest BCUT2D eigenvalue weighted by Gasteiger charge is 2.23. The molecule has 1 N–H and O–H groups in total. The van der Waals surface area contributed by atoms with E-state index in [4.69, 9.17) is 9.15 Å². The number of aryl methyl sites for hydroxylation is 1. The fraction of sp³-hybridized carbons (Fsp3) is 0.556. The van der Waals surface area contributed by atoms with Gasteiger partial charge in [0.1, 0.15) is 5.69 Å². The van der Waals surface area contributed by atoms with Crippen LogP contribution in [0.5, 0.6) is 0 Å². The number of furan rings is 1. The largest absolute Gasteiger partial charge is 0.462 e. The van der Waals surface area contributed by atoms with Crippen LogP contribution in [0.3, 0.4) is 0 Å². The number of hydrogen-bond acceptors (Lipinski definition) is 6. The third-order valence-corrected chi connectivity index (χ3v) is 5.07. The maximum Gasteiger partial charge on any atom is 0.271 e. The molecule has 1 amide bonds. The predicted octanol–water partition coefficient (Wildman–Crippen LogP) is 2.80. The molecule has 1 unspecified atom stereocenters. The van der Waals surface area contributed by atoms with E-state index in [2.05, 4.69) is 29.0 Å². The SMILES string of the molecule is Cc1sc(-c2ccco2)nc1C(=O)NCC1CN(CC(C)C)CCO1. The fourth-order valence-electron chi connectivity index (χ4n) is 2.99. The Bertz CT molecular complexity index is 696. The van der Waals surface area contributed by atoms with Gasteiger partial charge >= 0.3 is 0 Å². The number of rotatable bonds is 6. The van der Waals surface area contributed by atoms with Crippen molar-refractivity contribution in [2.24, 2.45) is 5.92 Å². The maximum atomic E-state index is 12.5. The van der Waals surface area contributed by atoms with Crippen LogP contribution < -0.4 is 5.32 Å². The summed E-state index contributed by atoms with van der Waals surface area (Å²) in [7, 11) is 0. The maximum absolute atomic E-state index is 12.5. The van der Waals surface area contributed by atoms with Crippen molar-refractivity contribution in [3.63, 3.8) is 0 Å². The van der Waals surface area contributed by atoms with Gasteiger partial charge < -0.3 is 14.5 Å². The van der Waals surface area contributed by atoms with Crippen molar-refractivity contribution >= 4 is 17.2 Å². The van der Waals surface area contributed by atoms with Crippen molar-refractivity contribution in [2.45, 2.75) is 26.9 Å². The summed E-state index contributed by atoms with van der Waals surface area (Å²) in [6.07, 6.45) is 1.63. The van der Waals surface area contributed by atoms with E-state index in [0.29, 0.717) is 30.5 Å². The number of carbonyl (C=O) groups is 1. The normalized spacial score (nSPS) is 18.6. The molecule has 0 radical (unpaired) electrons. The van der Waals surface area contributed by atoms with Gasteiger partial charge in [-0.1, -0.05) is 13.8 Å². The van der Waals surface area contributed by atoms with Crippen molar-refractivity contribution < 1.29 is 13.9 Å². The van der Waals surface area contributed by atoms with Gasteiger partial charge in [0.05, 0.1) is 19.0 Å². The van der Waals surface area contributed by atoms with E-state index in [9.17, 15) is 4.79 Å². The van der Waals surface area contributed by atoms with Crippen LogP contribution in [0.2, 0.25) is 0 Å². The molecule has 0 saturated carbocycles. The molecule has 1 aliphatic heterocycles. The third-order valence-electron chi connectivity index (χ3n) is 4.08. The first kappa shape index (κ1) is 18.1. The van der Waals surface area contributed by atoms with E-state index >= 15 is 0 Å². The molecule has 0 aliphatic carbocycles. The van der Waals surface area contributed by atoms with E-state index < -0.39 is 0 Å². The summed E-state index contributed by atoms with van der Waals surface area (Å²) < 4.78 is 11.1. The number of hydrogen-bond donors (Lipinski definition) is 1. The number of nitrogens with zero attached hydrogens (tertiary/aromatic N) is 2. The van der Waals surface area contributed by atoms with Gasteiger partial charge in [0.2, 0.25) is 0 Å². The van der Waals surface area contributed by atoms with Gasteiger partial charge in [0.25, 0.3) is 5.91 Å². The summed E-state index contributed by atoms with van der Waals surface area (Å²) in [6.45, 7) is 10.4. The molecule has 0 aromatic carbocycles. The first-order valence-electron chi connectivity index (χ1n) is 8.66. The monoisotopic (exact) mass is 363 g/mol. The topological polar surface area (TPSA) is 67.6 Å². The lowest BCUT2D eigenvalue weighted by Gasteiger charge is -2.33. The Labute approximate surface area is 152 Å². The zero-order chi connectivity index (χ0) is 17.8. The molecule has 2 aromatic rings. The predicted molar refractivity (Wildman–Crippen MR) is 97.9 cm³/mol. The highest BCUT2D eigenvalue weighted by atomic mass is 32.1. The molecule has 1 saturated heterocycles. The van der Waals surface area contributed by atoms with Gasteiger partial charge in [-0.2, -0.15) is 0 Å². The molecule has 25 heavy (non-hydrogen) atoms. The minimum atomic E-state index is -0.156. The van der Waals surface area contributed by atoms with Crippen molar-refractivity contribution in [2.75, 3.05) is 32.8 Å². The number of aromatic nitrogens is 1. The summed E-state index contributed by atoms with van der Waals surface area (Å²) in [4.78, 5) is 20.2. The van der Waals surface area contributed by atoms with Crippen molar-refractivity contribution in [1.29, 1.82) is 0 Å². The number of amides is 1. The molecule has 0 spiro atoms. The van der Waals surface area contributed by atoms with E-state index in [0.717, 1.165) is 29.5 Å². The molecule has 136 valence electrons. The average molecular weight is 363 g/mol. The lowest BCUT2D eigenvalue weighted by molar-refractivity contribution is -0.0295. The molecule has 2 aromatic heterocycles. The van der Waals surface area contributed by atoms with Crippen LogP contribution >= 0.6 is 11.3 Å². The first-order chi connectivity index (χ1) is 12.0.